The number of aliphatic hydroxyl groups is 1. The zero-order valence-corrected chi connectivity index (χ0v) is 11.8. The molecule has 116 valence electrons. The first-order valence-electron chi connectivity index (χ1n) is 6.15. The summed E-state index contributed by atoms with van der Waals surface area (Å²) in [6, 6.07) is 4.37. The van der Waals surface area contributed by atoms with Gasteiger partial charge >= 0.3 is 12.0 Å². The summed E-state index contributed by atoms with van der Waals surface area (Å²) < 4.78 is 10.2. The van der Waals surface area contributed by atoms with Gasteiger partial charge in [0.2, 0.25) is 0 Å². The Morgan fingerprint density at radius 2 is 2.00 bits per heavy atom. The van der Waals surface area contributed by atoms with Crippen LogP contribution in [0.5, 0.6) is 11.5 Å². The highest BCUT2D eigenvalue weighted by molar-refractivity contribution is 5.91. The van der Waals surface area contributed by atoms with Crippen LogP contribution in [-0.4, -0.2) is 49.1 Å². The van der Waals surface area contributed by atoms with Gasteiger partial charge in [0, 0.05) is 19.0 Å². The SMILES string of the molecule is COc1ccc(OC)c(NC(=O)NCC[C@H](O)C(=O)O)c1. The normalized spacial score (nSPS) is 11.4. The molecule has 1 rings (SSSR count). The van der Waals surface area contributed by atoms with Gasteiger partial charge in [-0.1, -0.05) is 0 Å². The largest absolute Gasteiger partial charge is 0.497 e. The molecule has 0 fully saturated rings. The molecule has 1 aromatic carbocycles. The Morgan fingerprint density at radius 1 is 1.29 bits per heavy atom. The topological polar surface area (TPSA) is 117 Å². The summed E-state index contributed by atoms with van der Waals surface area (Å²) in [6.45, 7) is 0.0194. The van der Waals surface area contributed by atoms with Crippen LogP contribution in [0.2, 0.25) is 0 Å². The number of amides is 2. The fourth-order valence-corrected chi connectivity index (χ4v) is 1.52. The summed E-state index contributed by atoms with van der Waals surface area (Å²) >= 11 is 0. The average Bonchev–Trinajstić information content (AvgIpc) is 2.46. The van der Waals surface area contributed by atoms with E-state index in [4.69, 9.17) is 19.7 Å². The number of carbonyl (C=O) groups is 2. The summed E-state index contributed by atoms with van der Waals surface area (Å²) in [6.07, 6.45) is -1.59. The number of ether oxygens (including phenoxy) is 2. The molecular formula is C13H18N2O6. The van der Waals surface area contributed by atoms with E-state index < -0.39 is 18.1 Å². The maximum absolute atomic E-state index is 11.7. The number of benzene rings is 1. The molecule has 2 amide bonds. The minimum absolute atomic E-state index is 0.0194. The zero-order chi connectivity index (χ0) is 15.8. The maximum Gasteiger partial charge on any atom is 0.332 e. The standard InChI is InChI=1S/C13H18N2O6/c1-20-8-3-4-11(21-2)9(7-8)15-13(19)14-6-5-10(16)12(17)18/h3-4,7,10,16H,5-6H2,1-2H3,(H,17,18)(H2,14,15,19)/t10-/m0/s1. The van der Waals surface area contributed by atoms with Crippen LogP contribution in [0.3, 0.4) is 0 Å². The van der Waals surface area contributed by atoms with Gasteiger partial charge in [0.15, 0.2) is 6.10 Å². The van der Waals surface area contributed by atoms with Gasteiger partial charge < -0.3 is 30.3 Å². The van der Waals surface area contributed by atoms with E-state index in [-0.39, 0.29) is 13.0 Å². The van der Waals surface area contributed by atoms with Crippen molar-refractivity contribution < 1.29 is 29.3 Å². The third kappa shape index (κ3) is 5.19. The first kappa shape index (κ1) is 16.6. The van der Waals surface area contributed by atoms with Gasteiger partial charge in [-0.15, -0.1) is 0 Å². The van der Waals surface area contributed by atoms with Gasteiger partial charge in [-0.3, -0.25) is 0 Å². The summed E-state index contributed by atoms with van der Waals surface area (Å²) in [5.41, 5.74) is 0.410. The van der Waals surface area contributed by atoms with Crippen LogP contribution in [0.4, 0.5) is 10.5 Å². The first-order valence-corrected chi connectivity index (χ1v) is 6.15. The number of methoxy groups -OCH3 is 2. The summed E-state index contributed by atoms with van der Waals surface area (Å²) in [4.78, 5) is 22.1. The van der Waals surface area contributed by atoms with Crippen LogP contribution in [0.25, 0.3) is 0 Å². The maximum atomic E-state index is 11.7. The molecule has 4 N–H and O–H groups in total. The Morgan fingerprint density at radius 3 is 2.57 bits per heavy atom. The highest BCUT2D eigenvalue weighted by atomic mass is 16.5. The number of aliphatic carboxylic acids is 1. The van der Waals surface area contributed by atoms with Gasteiger partial charge in [-0.2, -0.15) is 0 Å². The molecule has 0 saturated carbocycles. The van der Waals surface area contributed by atoms with Crippen LogP contribution in [-0.2, 0) is 4.79 Å². The van der Waals surface area contributed by atoms with E-state index in [0.29, 0.717) is 17.2 Å². The molecule has 0 unspecified atom stereocenters. The first-order chi connectivity index (χ1) is 9.97. The van der Waals surface area contributed by atoms with Crippen molar-refractivity contribution in [3.05, 3.63) is 18.2 Å². The molecule has 1 aromatic rings. The molecule has 0 radical (unpaired) electrons. The van der Waals surface area contributed by atoms with Crippen molar-refractivity contribution in [1.82, 2.24) is 5.32 Å². The van der Waals surface area contributed by atoms with Crippen LogP contribution in [0.1, 0.15) is 6.42 Å². The van der Waals surface area contributed by atoms with Crippen molar-refractivity contribution in [3.8, 4) is 11.5 Å². The third-order valence-electron chi connectivity index (χ3n) is 2.64. The van der Waals surface area contributed by atoms with Crippen LogP contribution >= 0.6 is 0 Å². The summed E-state index contributed by atoms with van der Waals surface area (Å²) in [5, 5.41) is 22.6. The Balaban J connectivity index is 2.56. The van der Waals surface area contributed by atoms with Crippen LogP contribution in [0, 0.1) is 0 Å². The van der Waals surface area contributed by atoms with E-state index in [9.17, 15) is 9.59 Å². The fourth-order valence-electron chi connectivity index (χ4n) is 1.52. The van der Waals surface area contributed by atoms with E-state index >= 15 is 0 Å². The molecular weight excluding hydrogens is 280 g/mol. The average molecular weight is 298 g/mol. The predicted octanol–water partition coefficient (Wildman–Crippen LogP) is 0.661. The smallest absolute Gasteiger partial charge is 0.332 e. The molecule has 0 aliphatic heterocycles. The van der Waals surface area contributed by atoms with Crippen LogP contribution in [0.15, 0.2) is 18.2 Å². The molecule has 0 aromatic heterocycles. The van der Waals surface area contributed by atoms with Crippen molar-refractivity contribution in [2.45, 2.75) is 12.5 Å². The molecule has 0 bridgehead atoms. The minimum atomic E-state index is -1.50. The number of aliphatic hydroxyl groups excluding tert-OH is 1. The quantitative estimate of drug-likeness (QED) is 0.587. The van der Waals surface area contributed by atoms with Gasteiger partial charge in [-0.25, -0.2) is 9.59 Å². The Labute approximate surface area is 121 Å². The molecule has 8 heteroatoms. The monoisotopic (exact) mass is 298 g/mol. The summed E-state index contributed by atoms with van der Waals surface area (Å²) in [7, 11) is 2.97. The highest BCUT2D eigenvalue weighted by Crippen LogP contribution is 2.28. The fraction of sp³-hybridized carbons (Fsp3) is 0.385. The number of anilines is 1. The number of hydrogen-bond acceptors (Lipinski definition) is 5. The second kappa shape index (κ2) is 7.95. The number of rotatable bonds is 7. The second-order valence-electron chi connectivity index (χ2n) is 4.09. The second-order valence-corrected chi connectivity index (χ2v) is 4.09. The lowest BCUT2D eigenvalue weighted by atomic mass is 10.2. The van der Waals surface area contributed by atoms with Crippen molar-refractivity contribution in [3.63, 3.8) is 0 Å². The minimum Gasteiger partial charge on any atom is -0.497 e. The molecule has 8 nitrogen and oxygen atoms in total. The number of nitrogens with one attached hydrogen (secondary N) is 2. The molecule has 21 heavy (non-hydrogen) atoms. The van der Waals surface area contributed by atoms with Crippen molar-refractivity contribution in [2.75, 3.05) is 26.1 Å². The number of carboxylic acids is 1. The van der Waals surface area contributed by atoms with Crippen LogP contribution < -0.4 is 20.1 Å². The lowest BCUT2D eigenvalue weighted by Crippen LogP contribution is -2.33. The molecule has 1 atom stereocenters. The third-order valence-corrected chi connectivity index (χ3v) is 2.64. The summed E-state index contributed by atoms with van der Waals surface area (Å²) in [5.74, 6) is -0.324. The molecule has 0 spiro atoms. The van der Waals surface area contributed by atoms with Gasteiger partial charge in [0.25, 0.3) is 0 Å². The number of hydrogen-bond donors (Lipinski definition) is 4. The number of carboxylic acid groups (broad SMARTS) is 1. The lowest BCUT2D eigenvalue weighted by Gasteiger charge is -2.13. The van der Waals surface area contributed by atoms with Gasteiger partial charge in [0.05, 0.1) is 19.9 Å². The molecule has 0 aliphatic carbocycles. The van der Waals surface area contributed by atoms with Crippen molar-refractivity contribution in [2.24, 2.45) is 0 Å². The van der Waals surface area contributed by atoms with Crippen molar-refractivity contribution >= 4 is 17.7 Å². The Kier molecular flexibility index (Phi) is 6.28. The Bertz CT molecular complexity index is 505. The molecule has 0 aliphatic rings. The van der Waals surface area contributed by atoms with E-state index in [0.717, 1.165) is 0 Å². The van der Waals surface area contributed by atoms with Gasteiger partial charge in [-0.05, 0) is 12.1 Å². The lowest BCUT2D eigenvalue weighted by molar-refractivity contribution is -0.146. The molecule has 0 heterocycles. The van der Waals surface area contributed by atoms with E-state index in [1.807, 2.05) is 0 Å². The number of urea groups is 1. The number of carbonyl (C=O) groups excluding carboxylic acids is 1. The Hall–Kier alpha value is -2.48. The predicted molar refractivity (Wildman–Crippen MR) is 74.8 cm³/mol. The van der Waals surface area contributed by atoms with Crippen molar-refractivity contribution in [1.29, 1.82) is 0 Å². The molecule has 0 saturated heterocycles. The zero-order valence-electron chi connectivity index (χ0n) is 11.8. The highest BCUT2D eigenvalue weighted by Gasteiger charge is 2.13. The van der Waals surface area contributed by atoms with E-state index in [1.54, 1.807) is 18.2 Å². The van der Waals surface area contributed by atoms with E-state index in [1.165, 1.54) is 14.2 Å². The van der Waals surface area contributed by atoms with E-state index in [2.05, 4.69) is 10.6 Å². The van der Waals surface area contributed by atoms with Gasteiger partial charge in [0.1, 0.15) is 11.5 Å².